The van der Waals surface area contributed by atoms with Crippen LogP contribution in [0, 0.1) is 12.8 Å². The zero-order chi connectivity index (χ0) is 14.7. The molecule has 0 fully saturated rings. The van der Waals surface area contributed by atoms with Gasteiger partial charge in [-0.3, -0.25) is 4.79 Å². The molecule has 0 aliphatic heterocycles. The highest BCUT2D eigenvalue weighted by atomic mass is 35.5. The molecule has 0 aliphatic rings. The number of hydrogen-bond acceptors (Lipinski definition) is 4. The first-order chi connectivity index (χ1) is 9.47. The maximum Gasteiger partial charge on any atom is 0.274 e. The summed E-state index contributed by atoms with van der Waals surface area (Å²) in [5.74, 6) is 0.947. The second kappa shape index (κ2) is 6.05. The quantitative estimate of drug-likeness (QED) is 0.880. The summed E-state index contributed by atoms with van der Waals surface area (Å²) in [6.07, 6.45) is 3.40. The number of aromatic nitrogens is 3. The molecule has 0 amide bonds. The predicted molar refractivity (Wildman–Crippen MR) is 80.6 cm³/mol. The van der Waals surface area contributed by atoms with Gasteiger partial charge in [0.1, 0.15) is 11.5 Å². The Morgan fingerprint density at radius 3 is 2.90 bits per heavy atom. The molecule has 20 heavy (non-hydrogen) atoms. The molecule has 2 aromatic heterocycles. The fraction of sp³-hybridized carbons (Fsp3) is 0.357. The van der Waals surface area contributed by atoms with Crippen molar-refractivity contribution in [3.63, 3.8) is 0 Å². The summed E-state index contributed by atoms with van der Waals surface area (Å²) >= 11 is 5.78. The largest absolute Gasteiger partial charge is 0.335 e. The van der Waals surface area contributed by atoms with Gasteiger partial charge in [-0.25, -0.2) is 9.97 Å². The lowest BCUT2D eigenvalue weighted by molar-refractivity contribution is 0.512. The van der Waals surface area contributed by atoms with Crippen LogP contribution in [0.3, 0.4) is 0 Å². The first kappa shape index (κ1) is 14.5. The van der Waals surface area contributed by atoms with Crippen LogP contribution in [0.2, 0.25) is 5.28 Å². The van der Waals surface area contributed by atoms with Gasteiger partial charge in [0.2, 0.25) is 5.28 Å². The number of rotatable bonds is 4. The standard InChI is InChI=1S/C14H17ClN4O/c1-9(2)8-19-6-4-5-11(13(19)20)17-12-10(3)7-16-14(15)18-12/h4-7,9H,8H2,1-3H3,(H,16,17,18). The second-order valence-electron chi connectivity index (χ2n) is 5.07. The van der Waals surface area contributed by atoms with Gasteiger partial charge in [-0.15, -0.1) is 0 Å². The lowest BCUT2D eigenvalue weighted by atomic mass is 10.2. The molecule has 0 saturated carbocycles. The van der Waals surface area contributed by atoms with Gasteiger partial charge < -0.3 is 9.88 Å². The molecule has 2 aromatic rings. The molecule has 106 valence electrons. The van der Waals surface area contributed by atoms with E-state index < -0.39 is 0 Å². The summed E-state index contributed by atoms with van der Waals surface area (Å²) in [5.41, 5.74) is 1.23. The van der Waals surface area contributed by atoms with Crippen molar-refractivity contribution in [1.82, 2.24) is 14.5 Å². The van der Waals surface area contributed by atoms with Crippen molar-refractivity contribution >= 4 is 23.1 Å². The van der Waals surface area contributed by atoms with Crippen molar-refractivity contribution in [1.29, 1.82) is 0 Å². The highest BCUT2D eigenvalue weighted by Gasteiger charge is 2.08. The molecule has 2 rings (SSSR count). The van der Waals surface area contributed by atoms with Crippen LogP contribution in [0.25, 0.3) is 0 Å². The average Bonchev–Trinajstić information content (AvgIpc) is 2.38. The van der Waals surface area contributed by atoms with Crippen LogP contribution in [0.5, 0.6) is 0 Å². The Bertz CT molecular complexity index is 666. The van der Waals surface area contributed by atoms with Gasteiger partial charge >= 0.3 is 0 Å². The van der Waals surface area contributed by atoms with E-state index in [0.717, 1.165) is 5.56 Å². The highest BCUT2D eigenvalue weighted by molar-refractivity contribution is 6.28. The number of nitrogens with one attached hydrogen (secondary N) is 1. The minimum atomic E-state index is -0.0738. The van der Waals surface area contributed by atoms with E-state index in [1.165, 1.54) is 0 Å². The maximum absolute atomic E-state index is 12.3. The average molecular weight is 293 g/mol. The molecule has 0 aromatic carbocycles. The van der Waals surface area contributed by atoms with Gasteiger partial charge in [0.15, 0.2) is 0 Å². The molecule has 0 unspecified atom stereocenters. The molecule has 0 saturated heterocycles. The SMILES string of the molecule is Cc1cnc(Cl)nc1Nc1cccn(CC(C)C)c1=O. The number of pyridine rings is 1. The first-order valence-corrected chi connectivity index (χ1v) is 6.81. The summed E-state index contributed by atoms with van der Waals surface area (Å²) in [5, 5.41) is 3.18. The predicted octanol–water partition coefficient (Wildman–Crippen LogP) is 3.00. The summed E-state index contributed by atoms with van der Waals surface area (Å²) in [4.78, 5) is 20.3. The minimum absolute atomic E-state index is 0.0738. The molecular formula is C14H17ClN4O. The normalized spacial score (nSPS) is 10.8. The number of nitrogens with zero attached hydrogens (tertiary/aromatic N) is 3. The van der Waals surface area contributed by atoms with Crippen molar-refractivity contribution in [2.45, 2.75) is 27.3 Å². The Kier molecular flexibility index (Phi) is 4.39. The molecule has 1 N–H and O–H groups in total. The summed E-state index contributed by atoms with van der Waals surface area (Å²) in [6.45, 7) is 6.67. The third kappa shape index (κ3) is 3.36. The Morgan fingerprint density at radius 2 is 2.20 bits per heavy atom. The smallest absolute Gasteiger partial charge is 0.274 e. The van der Waals surface area contributed by atoms with E-state index >= 15 is 0 Å². The topological polar surface area (TPSA) is 59.8 Å². The lowest BCUT2D eigenvalue weighted by Gasteiger charge is -2.12. The summed E-state index contributed by atoms with van der Waals surface area (Å²) in [6, 6.07) is 3.57. The number of anilines is 2. The van der Waals surface area contributed by atoms with Crippen LogP contribution in [-0.2, 0) is 6.54 Å². The van der Waals surface area contributed by atoms with Crippen LogP contribution in [0.4, 0.5) is 11.5 Å². The number of halogens is 1. The van der Waals surface area contributed by atoms with Crippen molar-refractivity contribution in [3.05, 3.63) is 45.7 Å². The Labute approximate surface area is 122 Å². The third-order valence-electron chi connectivity index (χ3n) is 2.78. The fourth-order valence-corrected chi connectivity index (χ4v) is 1.98. The van der Waals surface area contributed by atoms with Gasteiger partial charge in [0, 0.05) is 24.5 Å². The van der Waals surface area contributed by atoms with Gasteiger partial charge in [-0.2, -0.15) is 0 Å². The Balaban J connectivity index is 2.34. The van der Waals surface area contributed by atoms with E-state index in [1.54, 1.807) is 23.0 Å². The van der Waals surface area contributed by atoms with E-state index in [1.807, 2.05) is 13.0 Å². The first-order valence-electron chi connectivity index (χ1n) is 6.43. The van der Waals surface area contributed by atoms with Crippen molar-refractivity contribution in [2.24, 2.45) is 5.92 Å². The number of aryl methyl sites for hydroxylation is 1. The molecule has 5 nitrogen and oxygen atoms in total. The van der Waals surface area contributed by atoms with Crippen molar-refractivity contribution in [2.75, 3.05) is 5.32 Å². The van der Waals surface area contributed by atoms with Crippen LogP contribution in [0.15, 0.2) is 29.3 Å². The highest BCUT2D eigenvalue weighted by Crippen LogP contribution is 2.16. The van der Waals surface area contributed by atoms with E-state index in [-0.39, 0.29) is 10.8 Å². The zero-order valence-electron chi connectivity index (χ0n) is 11.7. The zero-order valence-corrected chi connectivity index (χ0v) is 12.5. The molecular weight excluding hydrogens is 276 g/mol. The third-order valence-corrected chi connectivity index (χ3v) is 2.96. The van der Waals surface area contributed by atoms with Crippen LogP contribution < -0.4 is 10.9 Å². The molecule has 0 aliphatic carbocycles. The van der Waals surface area contributed by atoms with Crippen molar-refractivity contribution < 1.29 is 0 Å². The molecule has 6 heteroatoms. The van der Waals surface area contributed by atoms with Gasteiger partial charge in [-0.1, -0.05) is 13.8 Å². The molecule has 0 spiro atoms. The maximum atomic E-state index is 12.3. The van der Waals surface area contributed by atoms with Crippen LogP contribution in [0.1, 0.15) is 19.4 Å². The van der Waals surface area contributed by atoms with E-state index in [2.05, 4.69) is 29.1 Å². The van der Waals surface area contributed by atoms with Gasteiger partial charge in [0.25, 0.3) is 5.56 Å². The van der Waals surface area contributed by atoms with E-state index in [9.17, 15) is 4.79 Å². The van der Waals surface area contributed by atoms with E-state index in [4.69, 9.17) is 11.6 Å². The monoisotopic (exact) mass is 292 g/mol. The Morgan fingerprint density at radius 1 is 1.45 bits per heavy atom. The molecule has 2 heterocycles. The molecule has 0 bridgehead atoms. The number of hydrogen-bond donors (Lipinski definition) is 1. The summed E-state index contributed by atoms with van der Waals surface area (Å²) in [7, 11) is 0. The van der Waals surface area contributed by atoms with Gasteiger partial charge in [0.05, 0.1) is 0 Å². The fourth-order valence-electron chi connectivity index (χ4n) is 1.84. The molecule has 0 radical (unpaired) electrons. The van der Waals surface area contributed by atoms with Crippen molar-refractivity contribution in [3.8, 4) is 0 Å². The minimum Gasteiger partial charge on any atom is -0.335 e. The van der Waals surface area contributed by atoms with Crippen LogP contribution >= 0.6 is 11.6 Å². The van der Waals surface area contributed by atoms with Gasteiger partial charge in [-0.05, 0) is 36.6 Å². The lowest BCUT2D eigenvalue weighted by Crippen LogP contribution is -2.24. The van der Waals surface area contributed by atoms with Crippen LogP contribution in [-0.4, -0.2) is 14.5 Å². The Hall–Kier alpha value is -1.88. The summed E-state index contributed by atoms with van der Waals surface area (Å²) < 4.78 is 1.69. The second-order valence-corrected chi connectivity index (χ2v) is 5.41. The molecule has 0 atom stereocenters. The van der Waals surface area contributed by atoms with E-state index in [0.29, 0.717) is 24.0 Å².